The van der Waals surface area contributed by atoms with Gasteiger partial charge in [0.15, 0.2) is 0 Å². The maximum atomic E-state index is 12.4. The molecule has 0 radical (unpaired) electrons. The Hall–Kier alpha value is -3.13. The lowest BCUT2D eigenvalue weighted by Gasteiger charge is -2.38. The topological polar surface area (TPSA) is 70.1 Å². The van der Waals surface area contributed by atoms with E-state index in [1.807, 2.05) is 30.3 Å². The highest BCUT2D eigenvalue weighted by atomic mass is 32.2. The van der Waals surface area contributed by atoms with Gasteiger partial charge in [-0.05, 0) is 91.6 Å². The van der Waals surface area contributed by atoms with E-state index in [0.717, 1.165) is 54.0 Å². The van der Waals surface area contributed by atoms with Crippen LogP contribution in [0, 0.1) is 0 Å². The average molecular weight is 561 g/mol. The molecule has 1 heterocycles. The molecule has 3 aromatic rings. The van der Waals surface area contributed by atoms with Crippen molar-refractivity contribution in [1.29, 1.82) is 0 Å². The van der Waals surface area contributed by atoms with Crippen LogP contribution >= 0.6 is 0 Å². The van der Waals surface area contributed by atoms with Crippen LogP contribution in [0.15, 0.2) is 78.9 Å². The van der Waals surface area contributed by atoms with E-state index in [2.05, 4.69) is 60.0 Å². The Bertz CT molecular complexity index is 1390. The maximum absolute atomic E-state index is 12.4. The van der Waals surface area contributed by atoms with E-state index in [1.165, 1.54) is 5.69 Å². The van der Waals surface area contributed by atoms with Gasteiger partial charge in [-0.25, -0.2) is 0 Å². The first-order valence-corrected chi connectivity index (χ1v) is 15.9. The predicted molar refractivity (Wildman–Crippen MR) is 163 cm³/mol. The Balaban J connectivity index is 1.50. The number of allylic oxidation sites excluding steroid dienone is 1. The van der Waals surface area contributed by atoms with Crippen molar-refractivity contribution in [2.45, 2.75) is 50.8 Å². The van der Waals surface area contributed by atoms with E-state index in [4.69, 9.17) is 4.18 Å². The number of aliphatic hydroxyl groups is 1. The van der Waals surface area contributed by atoms with Crippen molar-refractivity contribution in [2.24, 2.45) is 0 Å². The molecule has 0 bridgehead atoms. The van der Waals surface area contributed by atoms with Gasteiger partial charge in [-0.2, -0.15) is 8.42 Å². The number of hydrogen-bond acceptors (Lipinski definition) is 6. The van der Waals surface area contributed by atoms with Crippen LogP contribution in [-0.4, -0.2) is 62.5 Å². The van der Waals surface area contributed by atoms with E-state index >= 15 is 0 Å². The van der Waals surface area contributed by atoms with Gasteiger partial charge in [0.25, 0.3) is 0 Å². The van der Waals surface area contributed by atoms with Gasteiger partial charge in [0.1, 0.15) is 5.75 Å². The van der Waals surface area contributed by atoms with Gasteiger partial charge < -0.3 is 14.2 Å². The van der Waals surface area contributed by atoms with Crippen LogP contribution in [0.3, 0.4) is 0 Å². The van der Waals surface area contributed by atoms with Gasteiger partial charge >= 0.3 is 10.1 Å². The summed E-state index contributed by atoms with van der Waals surface area (Å²) in [7, 11) is -3.57. The molecule has 40 heavy (non-hydrogen) atoms. The number of hydrogen-bond donors (Lipinski definition) is 1. The minimum absolute atomic E-state index is 0.108. The third-order valence-electron chi connectivity index (χ3n) is 7.86. The molecular weight excluding hydrogens is 520 g/mol. The largest absolute Gasteiger partial charge is 0.396 e. The summed E-state index contributed by atoms with van der Waals surface area (Å²) in [5, 5.41) is 9.33. The molecule has 1 saturated heterocycles. The molecule has 1 aliphatic heterocycles. The van der Waals surface area contributed by atoms with Crippen molar-refractivity contribution in [1.82, 2.24) is 4.90 Å². The minimum atomic E-state index is -3.57. The summed E-state index contributed by atoms with van der Waals surface area (Å²) in [5.41, 5.74) is 6.61. The van der Waals surface area contributed by atoms with E-state index in [-0.39, 0.29) is 11.9 Å². The Morgan fingerprint density at radius 1 is 0.850 bits per heavy atom. The molecule has 1 saturated carbocycles. The highest BCUT2D eigenvalue weighted by molar-refractivity contribution is 7.88. The van der Waals surface area contributed by atoms with Crippen LogP contribution in [0.4, 0.5) is 5.69 Å². The third kappa shape index (κ3) is 6.77. The molecular formula is C33H40N2O4S. The van der Waals surface area contributed by atoms with E-state index in [0.29, 0.717) is 37.5 Å². The first-order valence-electron chi connectivity index (χ1n) is 14.4. The van der Waals surface area contributed by atoms with Gasteiger partial charge in [-0.15, -0.1) is 0 Å². The fraction of sp³-hybridized carbons (Fsp3) is 0.394. The Morgan fingerprint density at radius 2 is 1.45 bits per heavy atom. The summed E-state index contributed by atoms with van der Waals surface area (Å²) in [5.74, 6) is 0.336. The van der Waals surface area contributed by atoms with Crippen LogP contribution in [0.25, 0.3) is 11.1 Å². The zero-order valence-corrected chi connectivity index (χ0v) is 24.3. The zero-order chi connectivity index (χ0) is 28.1. The molecule has 0 atom stereocenters. The van der Waals surface area contributed by atoms with Crippen molar-refractivity contribution < 1.29 is 17.7 Å². The molecule has 2 aliphatic rings. The van der Waals surface area contributed by atoms with Gasteiger partial charge in [-0.3, -0.25) is 4.90 Å². The molecule has 0 amide bonds. The van der Waals surface area contributed by atoms with Gasteiger partial charge in [0, 0.05) is 44.5 Å². The van der Waals surface area contributed by atoms with Gasteiger partial charge in [0.2, 0.25) is 0 Å². The molecule has 3 aromatic carbocycles. The Morgan fingerprint density at radius 3 is 2.00 bits per heavy atom. The predicted octanol–water partition coefficient (Wildman–Crippen LogP) is 5.82. The second-order valence-corrected chi connectivity index (χ2v) is 12.8. The molecule has 0 spiro atoms. The lowest BCUT2D eigenvalue weighted by atomic mass is 9.87. The second kappa shape index (κ2) is 12.6. The average Bonchev–Trinajstić information content (AvgIpc) is 3.83. The molecule has 6 nitrogen and oxygen atoms in total. The van der Waals surface area contributed by atoms with Crippen molar-refractivity contribution in [3.8, 4) is 5.75 Å². The number of nitrogens with zero attached hydrogens (tertiary/aromatic N) is 2. The Labute approximate surface area is 239 Å². The highest BCUT2D eigenvalue weighted by Gasteiger charge is 2.37. The molecule has 212 valence electrons. The second-order valence-electron chi connectivity index (χ2n) is 11.0. The summed E-state index contributed by atoms with van der Waals surface area (Å²) in [6, 6.07) is 27.0. The van der Waals surface area contributed by atoms with Gasteiger partial charge in [-0.1, -0.05) is 54.6 Å². The summed E-state index contributed by atoms with van der Waals surface area (Å²) >= 11 is 0. The van der Waals surface area contributed by atoms with Crippen LogP contribution in [0.5, 0.6) is 5.75 Å². The SMILES string of the molecule is CC(C)N1CCN(c2ccc(/C(=C(/CCCO)c3ccccc3)c3ccc(OS(=O)(=O)C4CC4)cc3)cc2)CC1. The molecule has 1 aliphatic carbocycles. The monoisotopic (exact) mass is 560 g/mol. The van der Waals surface area contributed by atoms with Crippen LogP contribution in [0.1, 0.15) is 56.2 Å². The van der Waals surface area contributed by atoms with Crippen molar-refractivity contribution in [3.05, 3.63) is 95.6 Å². The number of benzene rings is 3. The highest BCUT2D eigenvalue weighted by Crippen LogP contribution is 2.37. The van der Waals surface area contributed by atoms with Crippen LogP contribution < -0.4 is 9.08 Å². The fourth-order valence-corrected chi connectivity index (χ4v) is 6.62. The summed E-state index contributed by atoms with van der Waals surface area (Å²) in [6.07, 6.45) is 2.69. The van der Waals surface area contributed by atoms with E-state index in [1.54, 1.807) is 12.1 Å². The lowest BCUT2D eigenvalue weighted by Crippen LogP contribution is -2.48. The number of rotatable bonds is 11. The number of piperazine rings is 1. The first kappa shape index (κ1) is 28.4. The minimum Gasteiger partial charge on any atom is -0.396 e. The molecule has 2 fully saturated rings. The molecule has 0 unspecified atom stereocenters. The summed E-state index contributed by atoms with van der Waals surface area (Å²) in [6.45, 7) is 8.77. The summed E-state index contributed by atoms with van der Waals surface area (Å²) in [4.78, 5) is 4.96. The normalized spacial score (nSPS) is 17.1. The number of aliphatic hydroxyl groups excluding tert-OH is 1. The molecule has 1 N–H and O–H groups in total. The maximum Gasteiger partial charge on any atom is 0.312 e. The Kier molecular flexibility index (Phi) is 8.94. The quantitative estimate of drug-likeness (QED) is 0.235. The van der Waals surface area contributed by atoms with Crippen molar-refractivity contribution in [2.75, 3.05) is 37.7 Å². The number of anilines is 1. The summed E-state index contributed by atoms with van der Waals surface area (Å²) < 4.78 is 30.1. The third-order valence-corrected chi connectivity index (χ3v) is 9.58. The molecule has 5 rings (SSSR count). The first-order chi connectivity index (χ1) is 19.4. The fourth-order valence-electron chi connectivity index (χ4n) is 5.40. The van der Waals surface area contributed by atoms with E-state index in [9.17, 15) is 13.5 Å². The zero-order valence-electron chi connectivity index (χ0n) is 23.5. The van der Waals surface area contributed by atoms with Crippen LogP contribution in [-0.2, 0) is 10.1 Å². The lowest BCUT2D eigenvalue weighted by molar-refractivity contribution is 0.209. The molecule has 0 aromatic heterocycles. The molecule has 7 heteroatoms. The van der Waals surface area contributed by atoms with Gasteiger partial charge in [0.05, 0.1) is 5.25 Å². The van der Waals surface area contributed by atoms with Crippen LogP contribution in [0.2, 0.25) is 0 Å². The van der Waals surface area contributed by atoms with E-state index < -0.39 is 10.1 Å². The smallest absolute Gasteiger partial charge is 0.312 e. The standard InChI is InChI=1S/C33H40N2O4S/c1-25(2)34-20-22-35(23-21-34)29-14-10-27(11-15-29)33(32(9-6-24-36)26-7-4-3-5-8-26)28-12-16-30(17-13-28)39-40(37,38)31-18-19-31/h3-5,7-8,10-17,25,31,36H,6,9,18-24H2,1-2H3/b33-32+. The van der Waals surface area contributed by atoms with Crippen molar-refractivity contribution >= 4 is 27.0 Å². The van der Waals surface area contributed by atoms with Crippen molar-refractivity contribution in [3.63, 3.8) is 0 Å².